The molecule has 0 unspecified atom stereocenters. The summed E-state index contributed by atoms with van der Waals surface area (Å²) in [5.74, 6) is 0. The van der Waals surface area contributed by atoms with Crippen LogP contribution in [0.3, 0.4) is 0 Å². The van der Waals surface area contributed by atoms with Crippen LogP contribution >= 0.6 is 15.9 Å². The Hall–Kier alpha value is -4.20. The summed E-state index contributed by atoms with van der Waals surface area (Å²) in [6.07, 6.45) is 0. The van der Waals surface area contributed by atoms with E-state index >= 15 is 0 Å². The van der Waals surface area contributed by atoms with Gasteiger partial charge in [0.2, 0.25) is 0 Å². The summed E-state index contributed by atoms with van der Waals surface area (Å²) in [6, 6.07) is 55.0. The minimum Gasteiger partial charge on any atom is -0.0622 e. The number of fused-ring (bicyclic) bond motifs is 3. The zero-order valence-corrected chi connectivity index (χ0v) is 22.4. The maximum absolute atomic E-state index is 4.04. The molecule has 1 heteroatoms. The Morgan fingerprint density at radius 2 is 0.737 bits per heavy atom. The van der Waals surface area contributed by atoms with E-state index in [2.05, 4.69) is 168 Å². The number of hydrogen-bond donors (Lipinski definition) is 0. The molecule has 180 valence electrons. The summed E-state index contributed by atoms with van der Waals surface area (Å²) in [6.45, 7) is 0. The van der Waals surface area contributed by atoms with Crippen LogP contribution < -0.4 is 0 Å². The van der Waals surface area contributed by atoms with Crippen molar-refractivity contribution in [3.05, 3.63) is 178 Å². The van der Waals surface area contributed by atoms with Crippen LogP contribution in [0.2, 0.25) is 0 Å². The van der Waals surface area contributed by atoms with Gasteiger partial charge in [-0.3, -0.25) is 0 Å². The summed E-state index contributed by atoms with van der Waals surface area (Å²) in [5.41, 5.74) is 12.2. The monoisotopic (exact) mass is 548 g/mol. The van der Waals surface area contributed by atoms with Crippen molar-refractivity contribution in [1.29, 1.82) is 0 Å². The lowest BCUT2D eigenvalue weighted by Gasteiger charge is -2.37. The summed E-state index contributed by atoms with van der Waals surface area (Å²) < 4.78 is 1.12. The van der Waals surface area contributed by atoms with Crippen LogP contribution in [0.4, 0.5) is 0 Å². The molecule has 0 heterocycles. The van der Waals surface area contributed by atoms with E-state index in [-0.39, 0.29) is 0 Å². The average Bonchev–Trinajstić information content (AvgIpc) is 3.30. The topological polar surface area (TPSA) is 0 Å². The largest absolute Gasteiger partial charge is 0.0736 e. The molecule has 0 amide bonds. The Morgan fingerprint density at radius 3 is 1.26 bits per heavy atom. The van der Waals surface area contributed by atoms with Crippen molar-refractivity contribution in [2.24, 2.45) is 0 Å². The second kappa shape index (κ2) is 9.28. The van der Waals surface area contributed by atoms with Crippen molar-refractivity contribution < 1.29 is 0 Å². The summed E-state index contributed by atoms with van der Waals surface area (Å²) >= 11 is 4.04. The van der Waals surface area contributed by atoms with E-state index in [4.69, 9.17) is 0 Å². The molecule has 0 radical (unpaired) electrons. The molecule has 1 aliphatic rings. The number of rotatable bonds is 4. The predicted molar refractivity (Wildman–Crippen MR) is 162 cm³/mol. The van der Waals surface area contributed by atoms with Crippen molar-refractivity contribution in [2.75, 3.05) is 0 Å². The smallest absolute Gasteiger partial charge is 0.0622 e. The third-order valence-corrected chi connectivity index (χ3v) is 8.50. The zero-order valence-electron chi connectivity index (χ0n) is 20.8. The van der Waals surface area contributed by atoms with E-state index in [1.807, 2.05) is 0 Å². The molecule has 1 aliphatic carbocycles. The Balaban J connectivity index is 1.70. The number of halogens is 1. The van der Waals surface area contributed by atoms with Gasteiger partial charge in [-0.2, -0.15) is 0 Å². The molecule has 0 N–H and O–H groups in total. The molecular formula is C37H25Br. The summed E-state index contributed by atoms with van der Waals surface area (Å²) in [4.78, 5) is 0. The van der Waals surface area contributed by atoms with Gasteiger partial charge >= 0.3 is 0 Å². The van der Waals surface area contributed by atoms with Gasteiger partial charge in [-0.25, -0.2) is 0 Å². The quantitative estimate of drug-likeness (QED) is 0.205. The highest BCUT2D eigenvalue weighted by Gasteiger charge is 2.49. The molecule has 38 heavy (non-hydrogen) atoms. The molecule has 0 spiro atoms. The first-order chi connectivity index (χ1) is 18.8. The minimum atomic E-state index is -0.523. The van der Waals surface area contributed by atoms with Crippen LogP contribution in [0.1, 0.15) is 22.3 Å². The van der Waals surface area contributed by atoms with Crippen LogP contribution in [-0.4, -0.2) is 0 Å². The van der Waals surface area contributed by atoms with Gasteiger partial charge in [-0.05, 0) is 61.7 Å². The van der Waals surface area contributed by atoms with E-state index in [0.717, 1.165) is 4.47 Å². The first-order valence-electron chi connectivity index (χ1n) is 13.0. The van der Waals surface area contributed by atoms with Crippen molar-refractivity contribution >= 4 is 15.9 Å². The molecular weight excluding hydrogens is 524 g/mol. The molecule has 6 aromatic rings. The molecule has 0 saturated heterocycles. The Bertz CT molecular complexity index is 1680. The van der Waals surface area contributed by atoms with Gasteiger partial charge in [0.25, 0.3) is 0 Å². The molecule has 6 aromatic carbocycles. The Morgan fingerprint density at radius 1 is 0.342 bits per heavy atom. The zero-order chi connectivity index (χ0) is 25.5. The third kappa shape index (κ3) is 3.36. The SMILES string of the molecule is Brc1cccc2c1C(c1ccccc1-c1ccccc1)(c1ccccc1-c1ccccc1)c1ccccc1-2. The molecule has 0 nitrogen and oxygen atoms in total. The lowest BCUT2D eigenvalue weighted by molar-refractivity contribution is 0.768. The van der Waals surface area contributed by atoms with E-state index in [1.165, 1.54) is 55.6 Å². The van der Waals surface area contributed by atoms with E-state index in [0.29, 0.717) is 0 Å². The summed E-state index contributed by atoms with van der Waals surface area (Å²) in [7, 11) is 0. The van der Waals surface area contributed by atoms with Crippen LogP contribution in [0.5, 0.6) is 0 Å². The van der Waals surface area contributed by atoms with Gasteiger partial charge in [0.15, 0.2) is 0 Å². The van der Waals surface area contributed by atoms with Crippen LogP contribution in [0.15, 0.2) is 156 Å². The van der Waals surface area contributed by atoms with Crippen LogP contribution in [-0.2, 0) is 5.41 Å². The van der Waals surface area contributed by atoms with E-state index in [9.17, 15) is 0 Å². The molecule has 7 rings (SSSR count). The second-order valence-corrected chi connectivity index (χ2v) is 10.6. The fraction of sp³-hybridized carbons (Fsp3) is 0.0270. The van der Waals surface area contributed by atoms with Crippen molar-refractivity contribution in [3.63, 3.8) is 0 Å². The number of hydrogen-bond acceptors (Lipinski definition) is 0. The Labute approximate surface area is 232 Å². The fourth-order valence-corrected chi connectivity index (χ4v) is 7.04. The first kappa shape index (κ1) is 23.0. The average molecular weight is 550 g/mol. The van der Waals surface area contributed by atoms with Crippen molar-refractivity contribution in [3.8, 4) is 33.4 Å². The van der Waals surface area contributed by atoms with Gasteiger partial charge in [0.05, 0.1) is 5.41 Å². The standard InChI is InChI=1S/C37H25Br/c38-35-25-13-21-31-30-20-9-12-24-34(30)37(36(31)35,32-22-10-7-18-28(32)26-14-3-1-4-15-26)33-23-11-8-19-29(33)27-16-5-2-6-17-27/h1-25H. The fourth-order valence-electron chi connectivity index (χ4n) is 6.37. The molecule has 0 aromatic heterocycles. The number of benzene rings is 6. The molecule has 0 bridgehead atoms. The van der Waals surface area contributed by atoms with Crippen LogP contribution in [0.25, 0.3) is 33.4 Å². The van der Waals surface area contributed by atoms with E-state index in [1.54, 1.807) is 0 Å². The molecule has 0 fully saturated rings. The highest BCUT2D eigenvalue weighted by molar-refractivity contribution is 9.10. The summed E-state index contributed by atoms with van der Waals surface area (Å²) in [5, 5.41) is 0. The van der Waals surface area contributed by atoms with Crippen molar-refractivity contribution in [2.45, 2.75) is 5.41 Å². The molecule has 0 saturated carbocycles. The van der Waals surface area contributed by atoms with Gasteiger partial charge in [-0.15, -0.1) is 0 Å². The predicted octanol–water partition coefficient (Wildman–Crippen LogP) is 10.1. The van der Waals surface area contributed by atoms with Gasteiger partial charge in [-0.1, -0.05) is 162 Å². The minimum absolute atomic E-state index is 0.523. The Kier molecular flexibility index (Phi) is 5.60. The molecule has 0 atom stereocenters. The maximum Gasteiger partial charge on any atom is 0.0736 e. The second-order valence-electron chi connectivity index (χ2n) is 9.78. The lowest BCUT2D eigenvalue weighted by atomic mass is 9.64. The first-order valence-corrected chi connectivity index (χ1v) is 13.8. The normalized spacial score (nSPS) is 13.1. The maximum atomic E-state index is 4.04. The van der Waals surface area contributed by atoms with Gasteiger partial charge in [0, 0.05) is 4.47 Å². The van der Waals surface area contributed by atoms with Crippen LogP contribution in [0, 0.1) is 0 Å². The van der Waals surface area contributed by atoms with Gasteiger partial charge in [0.1, 0.15) is 0 Å². The molecule has 0 aliphatic heterocycles. The lowest BCUT2D eigenvalue weighted by Crippen LogP contribution is -2.30. The van der Waals surface area contributed by atoms with Crippen molar-refractivity contribution in [1.82, 2.24) is 0 Å². The third-order valence-electron chi connectivity index (χ3n) is 7.84. The highest BCUT2D eigenvalue weighted by Crippen LogP contribution is 2.60. The van der Waals surface area contributed by atoms with Gasteiger partial charge < -0.3 is 0 Å². The highest BCUT2D eigenvalue weighted by atomic mass is 79.9. The van der Waals surface area contributed by atoms with E-state index < -0.39 is 5.41 Å².